The molecule has 0 aliphatic carbocycles. The van der Waals surface area contributed by atoms with Crippen LogP contribution in [0.2, 0.25) is 5.15 Å². The second kappa shape index (κ2) is 6.85. The second-order valence-corrected chi connectivity index (χ2v) is 7.18. The molecule has 20 heavy (non-hydrogen) atoms. The van der Waals surface area contributed by atoms with Crippen molar-refractivity contribution >= 4 is 21.6 Å². The highest BCUT2D eigenvalue weighted by Crippen LogP contribution is 2.18. The molecule has 1 fully saturated rings. The number of hydrogen-bond acceptors (Lipinski definition) is 4. The number of aromatic nitrogens is 1. The molecule has 0 radical (unpaired) electrons. The van der Waals surface area contributed by atoms with E-state index in [9.17, 15) is 8.42 Å². The summed E-state index contributed by atoms with van der Waals surface area (Å²) in [4.78, 5) is 6.15. The van der Waals surface area contributed by atoms with Crippen molar-refractivity contribution in [2.45, 2.75) is 37.1 Å². The third-order valence-electron chi connectivity index (χ3n) is 3.60. The predicted molar refractivity (Wildman–Crippen MR) is 79.3 cm³/mol. The van der Waals surface area contributed by atoms with Crippen LogP contribution in [0.1, 0.15) is 26.2 Å². The van der Waals surface area contributed by atoms with E-state index >= 15 is 0 Å². The molecule has 1 atom stereocenters. The molecule has 0 bridgehead atoms. The lowest BCUT2D eigenvalue weighted by atomic mass is 10.1. The molecule has 2 rings (SSSR count). The predicted octanol–water partition coefficient (Wildman–Crippen LogP) is 1.89. The Morgan fingerprint density at radius 2 is 2.10 bits per heavy atom. The van der Waals surface area contributed by atoms with Crippen LogP contribution in [0.25, 0.3) is 0 Å². The van der Waals surface area contributed by atoms with E-state index in [0.717, 1.165) is 13.1 Å². The molecule has 1 unspecified atom stereocenters. The average Bonchev–Trinajstić information content (AvgIpc) is 2.46. The van der Waals surface area contributed by atoms with E-state index in [0.29, 0.717) is 6.54 Å². The largest absolute Gasteiger partial charge is 0.299 e. The molecule has 1 aliphatic rings. The van der Waals surface area contributed by atoms with Crippen molar-refractivity contribution in [3.8, 4) is 0 Å². The summed E-state index contributed by atoms with van der Waals surface area (Å²) in [6, 6.07) is 3.21. The van der Waals surface area contributed by atoms with Gasteiger partial charge >= 0.3 is 0 Å². The third-order valence-corrected chi connectivity index (χ3v) is 5.47. The van der Waals surface area contributed by atoms with Crippen LogP contribution in [0.5, 0.6) is 0 Å². The fourth-order valence-corrected chi connectivity index (χ4v) is 3.94. The van der Waals surface area contributed by atoms with Crippen LogP contribution in [-0.2, 0) is 10.0 Å². The summed E-state index contributed by atoms with van der Waals surface area (Å²) >= 11 is 5.83. The van der Waals surface area contributed by atoms with Gasteiger partial charge in [0.15, 0.2) is 0 Å². The molecule has 1 aliphatic heterocycles. The SMILES string of the molecule is CC(CNS(=O)(=O)c1cccnc1Cl)N1CCCCC1. The maximum absolute atomic E-state index is 12.2. The van der Waals surface area contributed by atoms with Gasteiger partial charge in [-0.3, -0.25) is 4.90 Å². The Morgan fingerprint density at radius 3 is 2.75 bits per heavy atom. The van der Waals surface area contributed by atoms with Gasteiger partial charge in [0.25, 0.3) is 0 Å². The molecule has 112 valence electrons. The fourth-order valence-electron chi connectivity index (χ4n) is 2.37. The number of piperidine rings is 1. The standard InChI is InChI=1S/C13H20ClN3O2S/c1-11(17-8-3-2-4-9-17)10-16-20(18,19)12-6-5-7-15-13(12)14/h5-7,11,16H,2-4,8-10H2,1H3. The number of likely N-dealkylation sites (tertiary alicyclic amines) is 1. The highest BCUT2D eigenvalue weighted by molar-refractivity contribution is 7.89. The lowest BCUT2D eigenvalue weighted by molar-refractivity contribution is 0.175. The van der Waals surface area contributed by atoms with Gasteiger partial charge in [-0.25, -0.2) is 18.1 Å². The maximum atomic E-state index is 12.2. The molecule has 1 aromatic heterocycles. The molecular formula is C13H20ClN3O2S. The number of nitrogens with zero attached hydrogens (tertiary/aromatic N) is 2. The van der Waals surface area contributed by atoms with Crippen molar-refractivity contribution in [1.29, 1.82) is 0 Å². The molecule has 7 heteroatoms. The van der Waals surface area contributed by atoms with Crippen molar-refractivity contribution in [2.24, 2.45) is 0 Å². The lowest BCUT2D eigenvalue weighted by Gasteiger charge is -2.32. The van der Waals surface area contributed by atoms with Gasteiger partial charge in [0.05, 0.1) is 0 Å². The Labute approximate surface area is 125 Å². The van der Waals surface area contributed by atoms with Crippen molar-refractivity contribution < 1.29 is 8.42 Å². The molecule has 1 aromatic rings. The van der Waals surface area contributed by atoms with E-state index in [2.05, 4.69) is 14.6 Å². The van der Waals surface area contributed by atoms with Crippen LogP contribution in [0.15, 0.2) is 23.2 Å². The molecule has 0 amide bonds. The van der Waals surface area contributed by atoms with E-state index in [1.165, 1.54) is 31.5 Å². The number of sulfonamides is 1. The van der Waals surface area contributed by atoms with E-state index in [1.807, 2.05) is 6.92 Å². The average molecular weight is 318 g/mol. The zero-order valence-corrected chi connectivity index (χ0v) is 13.1. The summed E-state index contributed by atoms with van der Waals surface area (Å²) in [5, 5.41) is 0.00521. The number of rotatable bonds is 5. The molecule has 0 aromatic carbocycles. The fraction of sp³-hybridized carbons (Fsp3) is 0.615. The van der Waals surface area contributed by atoms with Gasteiger partial charge in [0.1, 0.15) is 10.0 Å². The van der Waals surface area contributed by atoms with Crippen molar-refractivity contribution in [1.82, 2.24) is 14.6 Å². The Hall–Kier alpha value is -0.690. The van der Waals surface area contributed by atoms with Gasteiger partial charge < -0.3 is 0 Å². The molecule has 0 saturated carbocycles. The number of hydrogen-bond donors (Lipinski definition) is 1. The number of nitrogens with one attached hydrogen (secondary N) is 1. The number of halogens is 1. The first-order valence-corrected chi connectivity index (χ1v) is 8.71. The zero-order chi connectivity index (χ0) is 14.6. The summed E-state index contributed by atoms with van der Waals surface area (Å²) in [6.07, 6.45) is 5.11. The monoisotopic (exact) mass is 317 g/mol. The van der Waals surface area contributed by atoms with Crippen LogP contribution in [0.4, 0.5) is 0 Å². The van der Waals surface area contributed by atoms with Gasteiger partial charge in [-0.2, -0.15) is 0 Å². The minimum Gasteiger partial charge on any atom is -0.299 e. The van der Waals surface area contributed by atoms with Crippen LogP contribution >= 0.6 is 11.6 Å². The van der Waals surface area contributed by atoms with Crippen LogP contribution in [-0.4, -0.2) is 44.0 Å². The molecule has 0 spiro atoms. The van der Waals surface area contributed by atoms with Crippen LogP contribution < -0.4 is 4.72 Å². The Morgan fingerprint density at radius 1 is 1.40 bits per heavy atom. The highest BCUT2D eigenvalue weighted by Gasteiger charge is 2.22. The first kappa shape index (κ1) is 15.7. The number of pyridine rings is 1. The van der Waals surface area contributed by atoms with Gasteiger partial charge in [0.2, 0.25) is 10.0 Å². The van der Waals surface area contributed by atoms with E-state index in [4.69, 9.17) is 11.6 Å². The Kier molecular flexibility index (Phi) is 5.37. The molecule has 5 nitrogen and oxygen atoms in total. The first-order valence-electron chi connectivity index (χ1n) is 6.85. The minimum atomic E-state index is -3.60. The topological polar surface area (TPSA) is 62.3 Å². The molecule has 1 N–H and O–H groups in total. The molecular weight excluding hydrogens is 298 g/mol. The summed E-state index contributed by atoms with van der Waals surface area (Å²) < 4.78 is 27.0. The maximum Gasteiger partial charge on any atom is 0.243 e. The van der Waals surface area contributed by atoms with Crippen LogP contribution in [0, 0.1) is 0 Å². The van der Waals surface area contributed by atoms with Crippen molar-refractivity contribution in [2.75, 3.05) is 19.6 Å². The minimum absolute atomic E-state index is 0.00521. The van der Waals surface area contributed by atoms with E-state index < -0.39 is 10.0 Å². The van der Waals surface area contributed by atoms with E-state index in [1.54, 1.807) is 6.07 Å². The third kappa shape index (κ3) is 3.91. The second-order valence-electron chi connectivity index (χ2n) is 5.09. The summed E-state index contributed by atoms with van der Waals surface area (Å²) in [6.45, 7) is 4.50. The summed E-state index contributed by atoms with van der Waals surface area (Å²) in [5.74, 6) is 0. The first-order chi connectivity index (χ1) is 9.50. The van der Waals surface area contributed by atoms with Gasteiger partial charge in [-0.05, 0) is 45.0 Å². The van der Waals surface area contributed by atoms with Crippen molar-refractivity contribution in [3.63, 3.8) is 0 Å². The smallest absolute Gasteiger partial charge is 0.243 e. The Balaban J connectivity index is 1.97. The van der Waals surface area contributed by atoms with Gasteiger partial charge in [-0.15, -0.1) is 0 Å². The molecule has 2 heterocycles. The van der Waals surface area contributed by atoms with Crippen LogP contribution in [0.3, 0.4) is 0 Å². The summed E-state index contributed by atoms with van der Waals surface area (Å²) in [5.41, 5.74) is 0. The Bertz CT molecular complexity index is 544. The quantitative estimate of drug-likeness (QED) is 0.842. The zero-order valence-electron chi connectivity index (χ0n) is 11.5. The highest BCUT2D eigenvalue weighted by atomic mass is 35.5. The van der Waals surface area contributed by atoms with Crippen molar-refractivity contribution in [3.05, 3.63) is 23.5 Å². The molecule has 1 saturated heterocycles. The lowest BCUT2D eigenvalue weighted by Crippen LogP contribution is -2.44. The van der Waals surface area contributed by atoms with Gasteiger partial charge in [0, 0.05) is 18.8 Å². The summed E-state index contributed by atoms with van der Waals surface area (Å²) in [7, 11) is -3.60. The normalized spacial score (nSPS) is 18.9. The van der Waals surface area contributed by atoms with Gasteiger partial charge in [-0.1, -0.05) is 18.0 Å². The van der Waals surface area contributed by atoms with E-state index in [-0.39, 0.29) is 16.1 Å².